The highest BCUT2D eigenvalue weighted by atomic mass is 16.2. The average molecular weight is 312 g/mol. The van der Waals surface area contributed by atoms with Gasteiger partial charge in [-0.1, -0.05) is 0 Å². The maximum atomic E-state index is 12.6. The molecule has 6 nitrogen and oxygen atoms in total. The van der Waals surface area contributed by atoms with E-state index >= 15 is 0 Å². The maximum Gasteiger partial charge on any atom is 0.267 e. The fourth-order valence-corrected chi connectivity index (χ4v) is 2.85. The van der Waals surface area contributed by atoms with Crippen LogP contribution in [0.5, 0.6) is 0 Å². The van der Waals surface area contributed by atoms with E-state index in [-0.39, 0.29) is 11.5 Å². The van der Waals surface area contributed by atoms with Gasteiger partial charge in [-0.05, 0) is 44.4 Å². The monoisotopic (exact) mass is 312 g/mol. The fraction of sp³-hybridized carbons (Fsp3) is 0.412. The molecule has 0 radical (unpaired) electrons. The molecule has 0 N–H and O–H groups in total. The predicted octanol–water partition coefficient (Wildman–Crippen LogP) is 1.88. The molecular formula is C17H20N4O2. The molecule has 0 spiro atoms. The van der Waals surface area contributed by atoms with Crippen LogP contribution >= 0.6 is 0 Å². The van der Waals surface area contributed by atoms with Crippen LogP contribution in [0.15, 0.2) is 41.5 Å². The van der Waals surface area contributed by atoms with Gasteiger partial charge in [-0.2, -0.15) is 5.10 Å². The van der Waals surface area contributed by atoms with Gasteiger partial charge in [-0.25, -0.2) is 4.68 Å². The first-order valence-corrected chi connectivity index (χ1v) is 7.96. The van der Waals surface area contributed by atoms with Crippen LogP contribution in [0.1, 0.15) is 32.2 Å². The summed E-state index contributed by atoms with van der Waals surface area (Å²) in [5, 5.41) is 4.38. The molecule has 23 heavy (non-hydrogen) atoms. The van der Waals surface area contributed by atoms with Gasteiger partial charge in [0.25, 0.3) is 5.56 Å². The van der Waals surface area contributed by atoms with Crippen LogP contribution in [0, 0.1) is 0 Å². The van der Waals surface area contributed by atoms with Crippen molar-refractivity contribution >= 4 is 5.91 Å². The summed E-state index contributed by atoms with van der Waals surface area (Å²) in [4.78, 5) is 30.7. The normalized spacial score (nSPS) is 16.1. The highest BCUT2D eigenvalue weighted by molar-refractivity contribution is 5.80. The van der Waals surface area contributed by atoms with E-state index in [2.05, 4.69) is 10.1 Å². The molecule has 1 unspecified atom stereocenters. The number of rotatable bonds is 3. The molecule has 1 aliphatic rings. The zero-order chi connectivity index (χ0) is 16.2. The minimum atomic E-state index is -0.600. The van der Waals surface area contributed by atoms with E-state index in [1.165, 1.54) is 10.7 Å². The number of carbonyl (C=O) groups excluding carboxylic acids is 1. The molecule has 2 aromatic heterocycles. The van der Waals surface area contributed by atoms with Gasteiger partial charge in [0.2, 0.25) is 5.91 Å². The minimum absolute atomic E-state index is 0.0392. The third kappa shape index (κ3) is 3.31. The Labute approximate surface area is 134 Å². The van der Waals surface area contributed by atoms with Crippen molar-refractivity contribution in [2.24, 2.45) is 0 Å². The van der Waals surface area contributed by atoms with Crippen molar-refractivity contribution in [3.8, 4) is 11.3 Å². The van der Waals surface area contributed by atoms with E-state index in [1.807, 2.05) is 17.0 Å². The summed E-state index contributed by atoms with van der Waals surface area (Å²) in [6.07, 6.45) is 6.58. The summed E-state index contributed by atoms with van der Waals surface area (Å²) in [5.74, 6) is -0.0392. The molecule has 120 valence electrons. The Morgan fingerprint density at radius 3 is 2.65 bits per heavy atom. The molecular weight excluding hydrogens is 292 g/mol. The Kier molecular flexibility index (Phi) is 4.50. The van der Waals surface area contributed by atoms with Crippen molar-refractivity contribution in [3.63, 3.8) is 0 Å². The highest BCUT2D eigenvalue weighted by Gasteiger charge is 2.25. The highest BCUT2D eigenvalue weighted by Crippen LogP contribution is 2.17. The van der Waals surface area contributed by atoms with Crippen LogP contribution in [-0.4, -0.2) is 38.7 Å². The van der Waals surface area contributed by atoms with Crippen LogP contribution in [0.2, 0.25) is 0 Å². The van der Waals surface area contributed by atoms with Gasteiger partial charge in [-0.15, -0.1) is 0 Å². The lowest BCUT2D eigenvalue weighted by Gasteiger charge is -2.29. The lowest BCUT2D eigenvalue weighted by molar-refractivity contribution is -0.135. The Bertz CT molecular complexity index is 736. The Morgan fingerprint density at radius 1 is 1.17 bits per heavy atom. The second kappa shape index (κ2) is 6.73. The number of amides is 1. The zero-order valence-electron chi connectivity index (χ0n) is 13.2. The molecule has 3 heterocycles. The van der Waals surface area contributed by atoms with E-state index in [1.54, 1.807) is 25.4 Å². The van der Waals surface area contributed by atoms with Crippen molar-refractivity contribution in [3.05, 3.63) is 47.0 Å². The van der Waals surface area contributed by atoms with Gasteiger partial charge in [-0.3, -0.25) is 14.6 Å². The molecule has 0 aromatic carbocycles. The number of piperidine rings is 1. The van der Waals surface area contributed by atoms with Crippen molar-refractivity contribution in [1.29, 1.82) is 0 Å². The van der Waals surface area contributed by atoms with Crippen LogP contribution in [0.25, 0.3) is 11.3 Å². The van der Waals surface area contributed by atoms with Gasteiger partial charge < -0.3 is 4.90 Å². The lowest BCUT2D eigenvalue weighted by atomic mass is 10.1. The van der Waals surface area contributed by atoms with Crippen LogP contribution in [-0.2, 0) is 4.79 Å². The Balaban J connectivity index is 1.89. The maximum absolute atomic E-state index is 12.6. The summed E-state index contributed by atoms with van der Waals surface area (Å²) in [5.41, 5.74) is 1.19. The summed E-state index contributed by atoms with van der Waals surface area (Å²) >= 11 is 0. The van der Waals surface area contributed by atoms with Gasteiger partial charge in [0, 0.05) is 37.1 Å². The molecule has 1 amide bonds. The van der Waals surface area contributed by atoms with Gasteiger partial charge in [0.1, 0.15) is 6.04 Å². The van der Waals surface area contributed by atoms with Crippen molar-refractivity contribution < 1.29 is 4.79 Å². The Morgan fingerprint density at radius 2 is 1.96 bits per heavy atom. The van der Waals surface area contributed by atoms with Crippen molar-refractivity contribution in [2.75, 3.05) is 13.1 Å². The van der Waals surface area contributed by atoms with E-state index < -0.39 is 6.04 Å². The molecule has 1 saturated heterocycles. The number of carbonyl (C=O) groups is 1. The average Bonchev–Trinajstić information content (AvgIpc) is 2.62. The van der Waals surface area contributed by atoms with Gasteiger partial charge in [0.05, 0.1) is 5.69 Å². The number of pyridine rings is 1. The van der Waals surface area contributed by atoms with Crippen molar-refractivity contribution in [2.45, 2.75) is 32.2 Å². The number of nitrogens with zero attached hydrogens (tertiary/aromatic N) is 4. The molecule has 0 saturated carbocycles. The molecule has 1 aliphatic heterocycles. The van der Waals surface area contributed by atoms with Crippen LogP contribution in [0.3, 0.4) is 0 Å². The summed E-state index contributed by atoms with van der Waals surface area (Å²) in [7, 11) is 0. The van der Waals surface area contributed by atoms with Crippen LogP contribution in [0.4, 0.5) is 0 Å². The fourth-order valence-electron chi connectivity index (χ4n) is 2.85. The minimum Gasteiger partial charge on any atom is -0.341 e. The molecule has 6 heteroatoms. The summed E-state index contributed by atoms with van der Waals surface area (Å²) in [6.45, 7) is 3.26. The second-order valence-corrected chi connectivity index (χ2v) is 5.81. The molecule has 3 rings (SSSR count). The molecule has 0 bridgehead atoms. The number of hydrogen-bond donors (Lipinski definition) is 0. The van der Waals surface area contributed by atoms with Crippen LogP contribution < -0.4 is 5.56 Å². The van der Waals surface area contributed by atoms with E-state index in [9.17, 15) is 9.59 Å². The standard InChI is InChI=1S/C17H20N4O2/c1-13(17(23)20-10-3-2-4-11-20)21-16(22)8-7-15(19-21)14-6-5-9-18-12-14/h5-9,12-13H,2-4,10-11H2,1H3. The number of likely N-dealkylation sites (tertiary alicyclic amines) is 1. The summed E-state index contributed by atoms with van der Waals surface area (Å²) in [6, 6.07) is 6.21. The van der Waals surface area contributed by atoms with E-state index in [4.69, 9.17) is 0 Å². The van der Waals surface area contributed by atoms with Gasteiger partial charge in [0.15, 0.2) is 0 Å². The molecule has 1 fully saturated rings. The smallest absolute Gasteiger partial charge is 0.267 e. The number of hydrogen-bond acceptors (Lipinski definition) is 4. The first kappa shape index (κ1) is 15.4. The van der Waals surface area contributed by atoms with Gasteiger partial charge >= 0.3 is 0 Å². The number of aromatic nitrogens is 3. The van der Waals surface area contributed by atoms with E-state index in [0.717, 1.165) is 37.9 Å². The molecule has 2 aromatic rings. The third-order valence-corrected chi connectivity index (χ3v) is 4.17. The second-order valence-electron chi connectivity index (χ2n) is 5.81. The van der Waals surface area contributed by atoms with E-state index in [0.29, 0.717) is 5.69 Å². The largest absolute Gasteiger partial charge is 0.341 e. The van der Waals surface area contributed by atoms with Crippen molar-refractivity contribution in [1.82, 2.24) is 19.7 Å². The molecule has 1 atom stereocenters. The first-order valence-electron chi connectivity index (χ1n) is 7.96. The topological polar surface area (TPSA) is 68.1 Å². The third-order valence-electron chi connectivity index (χ3n) is 4.17. The lowest BCUT2D eigenvalue weighted by Crippen LogP contribution is -2.42. The first-order chi connectivity index (χ1) is 11.2. The Hall–Kier alpha value is -2.50. The zero-order valence-corrected chi connectivity index (χ0v) is 13.2. The summed E-state index contributed by atoms with van der Waals surface area (Å²) < 4.78 is 1.28. The quantitative estimate of drug-likeness (QED) is 0.868. The molecule has 0 aliphatic carbocycles. The predicted molar refractivity (Wildman–Crippen MR) is 86.9 cm³/mol. The SMILES string of the molecule is CC(C(=O)N1CCCCC1)n1nc(-c2cccnc2)ccc1=O.